The number of hydrogen-bond acceptors (Lipinski definition) is 1. The summed E-state index contributed by atoms with van der Waals surface area (Å²) in [6.45, 7) is 5.94. The van der Waals surface area contributed by atoms with Gasteiger partial charge in [0.2, 0.25) is 0 Å². The predicted octanol–water partition coefficient (Wildman–Crippen LogP) is 4.34. The third kappa shape index (κ3) is 2.66. The zero-order valence-electron chi connectivity index (χ0n) is 11.9. The van der Waals surface area contributed by atoms with Crippen LogP contribution >= 0.6 is 0 Å². The average molecular weight is 253 g/mol. The lowest BCUT2D eigenvalue weighted by molar-refractivity contribution is 0.377. The first-order valence-electron chi connectivity index (χ1n) is 7.44. The molecule has 2 aliphatic rings. The van der Waals surface area contributed by atoms with Crippen molar-refractivity contribution < 1.29 is 0 Å². The normalized spacial score (nSPS) is 28.6. The molecule has 1 fully saturated rings. The molecule has 1 nitrogen and oxygen atoms in total. The van der Waals surface area contributed by atoms with Gasteiger partial charge in [0, 0.05) is 18.6 Å². The summed E-state index contributed by atoms with van der Waals surface area (Å²) in [5, 5.41) is 0. The van der Waals surface area contributed by atoms with Crippen molar-refractivity contribution in [3.63, 3.8) is 0 Å². The molecule has 0 spiro atoms. The van der Waals surface area contributed by atoms with E-state index >= 15 is 0 Å². The average Bonchev–Trinajstić information content (AvgIpc) is 3.28. The van der Waals surface area contributed by atoms with Gasteiger partial charge < -0.3 is 0 Å². The number of hydrogen-bond donors (Lipinski definition) is 0. The number of rotatable bonds is 4. The topological polar surface area (TPSA) is 3.01 Å². The molecule has 1 aliphatic carbocycles. The SMILES string of the molecule is CC(C1=CCCC=C1)C1CN1C(C)c1ccccc1. The minimum atomic E-state index is 0.543. The summed E-state index contributed by atoms with van der Waals surface area (Å²) >= 11 is 0. The van der Waals surface area contributed by atoms with Crippen LogP contribution in [0.3, 0.4) is 0 Å². The Labute approximate surface area is 116 Å². The molecular formula is C18H23N. The molecule has 0 saturated carbocycles. The Morgan fingerprint density at radius 2 is 1.89 bits per heavy atom. The fourth-order valence-electron chi connectivity index (χ4n) is 3.18. The summed E-state index contributed by atoms with van der Waals surface area (Å²) < 4.78 is 0. The lowest BCUT2D eigenvalue weighted by Gasteiger charge is -2.19. The molecule has 19 heavy (non-hydrogen) atoms. The van der Waals surface area contributed by atoms with Crippen LogP contribution in [-0.4, -0.2) is 17.5 Å². The maximum absolute atomic E-state index is 2.61. The first kappa shape index (κ1) is 12.7. The lowest BCUT2D eigenvalue weighted by Crippen LogP contribution is -2.15. The van der Waals surface area contributed by atoms with Crippen molar-refractivity contribution in [1.29, 1.82) is 0 Å². The van der Waals surface area contributed by atoms with Gasteiger partial charge in [0.1, 0.15) is 0 Å². The van der Waals surface area contributed by atoms with E-state index in [1.54, 1.807) is 5.57 Å². The molecule has 1 aliphatic heterocycles. The maximum atomic E-state index is 2.61. The van der Waals surface area contributed by atoms with Gasteiger partial charge in [-0.05, 0) is 36.8 Å². The minimum Gasteiger partial charge on any atom is -0.290 e. The Morgan fingerprint density at radius 1 is 1.11 bits per heavy atom. The van der Waals surface area contributed by atoms with Crippen LogP contribution in [0.15, 0.2) is 54.1 Å². The highest BCUT2D eigenvalue weighted by Crippen LogP contribution is 2.39. The van der Waals surface area contributed by atoms with Gasteiger partial charge in [-0.1, -0.05) is 55.5 Å². The van der Waals surface area contributed by atoms with Crippen molar-refractivity contribution >= 4 is 0 Å². The third-order valence-electron chi connectivity index (χ3n) is 4.60. The predicted molar refractivity (Wildman–Crippen MR) is 81.0 cm³/mol. The van der Waals surface area contributed by atoms with E-state index in [0.29, 0.717) is 12.0 Å². The van der Waals surface area contributed by atoms with Crippen molar-refractivity contribution in [2.24, 2.45) is 5.92 Å². The van der Waals surface area contributed by atoms with Crippen LogP contribution in [0.4, 0.5) is 0 Å². The zero-order chi connectivity index (χ0) is 13.2. The molecule has 0 aromatic heterocycles. The quantitative estimate of drug-likeness (QED) is 0.721. The summed E-state index contributed by atoms with van der Waals surface area (Å²) in [5.74, 6) is 0.669. The van der Waals surface area contributed by atoms with Crippen LogP contribution in [0.1, 0.15) is 38.3 Å². The van der Waals surface area contributed by atoms with Crippen LogP contribution in [0.5, 0.6) is 0 Å². The van der Waals surface area contributed by atoms with Crippen LogP contribution in [-0.2, 0) is 0 Å². The highest BCUT2D eigenvalue weighted by molar-refractivity contribution is 5.28. The lowest BCUT2D eigenvalue weighted by atomic mass is 9.93. The Morgan fingerprint density at radius 3 is 2.58 bits per heavy atom. The van der Waals surface area contributed by atoms with Crippen molar-refractivity contribution in [3.05, 3.63) is 59.7 Å². The molecule has 0 bridgehead atoms. The van der Waals surface area contributed by atoms with E-state index in [1.807, 2.05) is 0 Å². The summed E-state index contributed by atoms with van der Waals surface area (Å²) in [4.78, 5) is 2.61. The number of allylic oxidation sites excluding steroid dienone is 3. The molecule has 4 atom stereocenters. The van der Waals surface area contributed by atoms with Gasteiger partial charge in [-0.2, -0.15) is 0 Å². The van der Waals surface area contributed by atoms with E-state index in [2.05, 4.69) is 67.3 Å². The third-order valence-corrected chi connectivity index (χ3v) is 4.60. The van der Waals surface area contributed by atoms with Gasteiger partial charge in [-0.3, -0.25) is 4.90 Å². The van der Waals surface area contributed by atoms with Crippen molar-refractivity contribution in [2.45, 2.75) is 38.8 Å². The van der Waals surface area contributed by atoms with E-state index in [-0.39, 0.29) is 0 Å². The molecule has 0 amide bonds. The van der Waals surface area contributed by atoms with Gasteiger partial charge in [0.25, 0.3) is 0 Å². The van der Waals surface area contributed by atoms with Crippen molar-refractivity contribution in [2.75, 3.05) is 6.54 Å². The molecule has 3 rings (SSSR count). The van der Waals surface area contributed by atoms with E-state index in [1.165, 1.54) is 24.9 Å². The van der Waals surface area contributed by atoms with Gasteiger partial charge in [0.15, 0.2) is 0 Å². The summed E-state index contributed by atoms with van der Waals surface area (Å²) in [5.41, 5.74) is 2.98. The minimum absolute atomic E-state index is 0.543. The molecule has 1 aromatic carbocycles. The molecule has 1 aromatic rings. The molecular weight excluding hydrogens is 230 g/mol. The molecule has 1 heteroatoms. The highest BCUT2D eigenvalue weighted by atomic mass is 15.3. The smallest absolute Gasteiger partial charge is 0.0324 e. The first-order valence-corrected chi connectivity index (χ1v) is 7.44. The Kier molecular flexibility index (Phi) is 3.56. The molecule has 0 radical (unpaired) electrons. The second-order valence-electron chi connectivity index (χ2n) is 5.82. The van der Waals surface area contributed by atoms with Crippen molar-refractivity contribution in [3.8, 4) is 0 Å². The fraction of sp³-hybridized carbons (Fsp3) is 0.444. The maximum Gasteiger partial charge on any atom is 0.0324 e. The standard InChI is InChI=1S/C18H23N/c1-14(16-9-5-3-6-10-16)18-13-19(18)15(2)17-11-7-4-8-12-17/h4-5,7-12,14-15,18H,3,6,13H2,1-2H3. The highest BCUT2D eigenvalue weighted by Gasteiger charge is 2.42. The molecule has 0 N–H and O–H groups in total. The van der Waals surface area contributed by atoms with Gasteiger partial charge in [-0.15, -0.1) is 0 Å². The largest absolute Gasteiger partial charge is 0.290 e. The van der Waals surface area contributed by atoms with Crippen LogP contribution in [0, 0.1) is 5.92 Å². The fourth-order valence-corrected chi connectivity index (χ4v) is 3.18. The number of benzene rings is 1. The second kappa shape index (κ2) is 5.34. The summed E-state index contributed by atoms with van der Waals surface area (Å²) in [6.07, 6.45) is 9.51. The van der Waals surface area contributed by atoms with E-state index in [9.17, 15) is 0 Å². The summed E-state index contributed by atoms with van der Waals surface area (Å²) in [6, 6.07) is 12.1. The van der Waals surface area contributed by atoms with Crippen LogP contribution in [0.2, 0.25) is 0 Å². The monoisotopic (exact) mass is 253 g/mol. The van der Waals surface area contributed by atoms with Gasteiger partial charge in [0.05, 0.1) is 0 Å². The Hall–Kier alpha value is -1.34. The van der Waals surface area contributed by atoms with Gasteiger partial charge in [-0.25, -0.2) is 0 Å². The van der Waals surface area contributed by atoms with Crippen molar-refractivity contribution in [1.82, 2.24) is 4.90 Å². The van der Waals surface area contributed by atoms with Crippen LogP contribution in [0.25, 0.3) is 0 Å². The first-order chi connectivity index (χ1) is 9.27. The molecule has 1 heterocycles. The molecule has 100 valence electrons. The molecule has 1 saturated heterocycles. The van der Waals surface area contributed by atoms with E-state index in [0.717, 1.165) is 6.04 Å². The summed E-state index contributed by atoms with van der Waals surface area (Å²) in [7, 11) is 0. The second-order valence-corrected chi connectivity index (χ2v) is 5.82. The van der Waals surface area contributed by atoms with Gasteiger partial charge >= 0.3 is 0 Å². The molecule has 4 unspecified atom stereocenters. The van der Waals surface area contributed by atoms with Crippen LogP contribution < -0.4 is 0 Å². The Bertz CT molecular complexity index is 486. The van der Waals surface area contributed by atoms with E-state index < -0.39 is 0 Å². The number of nitrogens with zero attached hydrogens (tertiary/aromatic N) is 1. The Balaban J connectivity index is 1.64. The van der Waals surface area contributed by atoms with E-state index in [4.69, 9.17) is 0 Å². The zero-order valence-corrected chi connectivity index (χ0v) is 11.9.